The summed E-state index contributed by atoms with van der Waals surface area (Å²) in [7, 11) is 0. The maximum absolute atomic E-state index is 13.8. The Bertz CT molecular complexity index is 669. The smallest absolute Gasteiger partial charge is 0.197 e. The van der Waals surface area contributed by atoms with Crippen LogP contribution in [0.4, 0.5) is 8.78 Å². The minimum absolute atomic E-state index is 0.00939. The Morgan fingerprint density at radius 1 is 0.947 bits per heavy atom. The molecule has 0 aliphatic carbocycles. The first-order chi connectivity index (χ1) is 8.90. The summed E-state index contributed by atoms with van der Waals surface area (Å²) in [5, 5.41) is 0. The lowest BCUT2D eigenvalue weighted by Crippen LogP contribution is -2.06. The van der Waals surface area contributed by atoms with E-state index in [9.17, 15) is 13.6 Å². The van der Waals surface area contributed by atoms with E-state index >= 15 is 0 Å². The van der Waals surface area contributed by atoms with E-state index < -0.39 is 17.4 Å². The third-order valence-corrected chi connectivity index (χ3v) is 3.92. The molecule has 0 saturated carbocycles. The fourth-order valence-electron chi connectivity index (χ4n) is 1.65. The SMILES string of the molecule is Cc1ccc(Br)c(C(=O)c2cc(F)c(Br)cc2F)c1. The monoisotopic (exact) mass is 388 g/mol. The molecule has 0 aliphatic heterocycles. The number of carbonyl (C=O) groups is 1. The van der Waals surface area contributed by atoms with Crippen LogP contribution in [-0.2, 0) is 0 Å². The van der Waals surface area contributed by atoms with Crippen molar-refractivity contribution >= 4 is 37.6 Å². The molecule has 1 nitrogen and oxygen atoms in total. The molecule has 98 valence electrons. The Morgan fingerprint density at radius 2 is 1.63 bits per heavy atom. The normalized spacial score (nSPS) is 10.6. The van der Waals surface area contributed by atoms with Crippen molar-refractivity contribution in [1.29, 1.82) is 0 Å². The fourth-order valence-corrected chi connectivity index (χ4v) is 2.40. The molecule has 2 aromatic rings. The summed E-state index contributed by atoms with van der Waals surface area (Å²) in [6.07, 6.45) is 0. The first-order valence-electron chi connectivity index (χ1n) is 5.35. The Labute approximate surface area is 125 Å². The number of carbonyl (C=O) groups excluding carboxylic acids is 1. The number of rotatable bonds is 2. The molecule has 0 radical (unpaired) electrons. The maximum Gasteiger partial charge on any atom is 0.197 e. The van der Waals surface area contributed by atoms with Gasteiger partial charge in [0.2, 0.25) is 0 Å². The summed E-state index contributed by atoms with van der Waals surface area (Å²) in [6, 6.07) is 7.00. The highest BCUT2D eigenvalue weighted by molar-refractivity contribution is 9.10. The van der Waals surface area contributed by atoms with E-state index in [4.69, 9.17) is 0 Å². The molecular formula is C14H8Br2F2O. The molecule has 0 unspecified atom stereocenters. The van der Waals surface area contributed by atoms with Crippen molar-refractivity contribution < 1.29 is 13.6 Å². The summed E-state index contributed by atoms with van der Waals surface area (Å²) < 4.78 is 27.7. The van der Waals surface area contributed by atoms with E-state index in [1.807, 2.05) is 13.0 Å². The molecule has 0 N–H and O–H groups in total. The first-order valence-corrected chi connectivity index (χ1v) is 6.94. The number of halogens is 4. The van der Waals surface area contributed by atoms with Gasteiger partial charge in [-0.3, -0.25) is 4.79 Å². The molecule has 0 saturated heterocycles. The molecule has 0 atom stereocenters. The average molecular weight is 390 g/mol. The summed E-state index contributed by atoms with van der Waals surface area (Å²) in [5.41, 5.74) is 0.886. The van der Waals surface area contributed by atoms with Gasteiger partial charge in [0, 0.05) is 10.0 Å². The number of hydrogen-bond donors (Lipinski definition) is 0. The van der Waals surface area contributed by atoms with Gasteiger partial charge < -0.3 is 0 Å². The zero-order chi connectivity index (χ0) is 14.2. The molecule has 0 heterocycles. The summed E-state index contributed by atoms with van der Waals surface area (Å²) in [5.74, 6) is -1.99. The number of ketones is 1. The van der Waals surface area contributed by atoms with Crippen LogP contribution in [0, 0.1) is 18.6 Å². The van der Waals surface area contributed by atoms with Crippen LogP contribution in [0.1, 0.15) is 21.5 Å². The highest BCUT2D eigenvalue weighted by Crippen LogP contribution is 2.25. The molecule has 0 aliphatic rings. The lowest BCUT2D eigenvalue weighted by atomic mass is 10.0. The van der Waals surface area contributed by atoms with E-state index in [1.54, 1.807) is 12.1 Å². The Balaban J connectivity index is 2.56. The van der Waals surface area contributed by atoms with Crippen molar-refractivity contribution in [2.45, 2.75) is 6.92 Å². The van der Waals surface area contributed by atoms with Crippen LogP contribution < -0.4 is 0 Å². The van der Waals surface area contributed by atoms with E-state index in [-0.39, 0.29) is 10.0 Å². The Morgan fingerprint density at radius 3 is 2.32 bits per heavy atom. The van der Waals surface area contributed by atoms with Crippen LogP contribution in [0.3, 0.4) is 0 Å². The van der Waals surface area contributed by atoms with Crippen molar-refractivity contribution in [3.05, 3.63) is 67.6 Å². The largest absolute Gasteiger partial charge is 0.288 e. The van der Waals surface area contributed by atoms with Gasteiger partial charge in [-0.1, -0.05) is 27.6 Å². The van der Waals surface area contributed by atoms with Gasteiger partial charge in [-0.05, 0) is 47.1 Å². The molecule has 2 aromatic carbocycles. The lowest BCUT2D eigenvalue weighted by Gasteiger charge is -2.07. The molecule has 0 aromatic heterocycles. The number of hydrogen-bond acceptors (Lipinski definition) is 1. The van der Waals surface area contributed by atoms with Crippen LogP contribution in [0.2, 0.25) is 0 Å². The molecule has 0 amide bonds. The van der Waals surface area contributed by atoms with Crippen LogP contribution >= 0.6 is 31.9 Å². The van der Waals surface area contributed by atoms with Gasteiger partial charge in [0.15, 0.2) is 5.78 Å². The van der Waals surface area contributed by atoms with E-state index in [1.165, 1.54) is 0 Å². The van der Waals surface area contributed by atoms with Crippen molar-refractivity contribution in [3.8, 4) is 0 Å². The van der Waals surface area contributed by atoms with E-state index in [0.717, 1.165) is 17.7 Å². The van der Waals surface area contributed by atoms with Gasteiger partial charge in [-0.15, -0.1) is 0 Å². The van der Waals surface area contributed by atoms with E-state index in [0.29, 0.717) is 10.0 Å². The van der Waals surface area contributed by atoms with Crippen LogP contribution in [0.25, 0.3) is 0 Å². The van der Waals surface area contributed by atoms with Gasteiger partial charge in [0.05, 0.1) is 10.0 Å². The first kappa shape index (κ1) is 14.3. The minimum atomic E-state index is -0.758. The Kier molecular flexibility index (Phi) is 4.16. The topological polar surface area (TPSA) is 17.1 Å². The zero-order valence-electron chi connectivity index (χ0n) is 9.81. The number of benzene rings is 2. The van der Waals surface area contributed by atoms with Crippen LogP contribution in [0.5, 0.6) is 0 Å². The average Bonchev–Trinajstić information content (AvgIpc) is 2.36. The molecule has 0 spiro atoms. The van der Waals surface area contributed by atoms with Crippen molar-refractivity contribution in [2.24, 2.45) is 0 Å². The molecule has 0 fully saturated rings. The fraction of sp³-hybridized carbons (Fsp3) is 0.0714. The predicted octanol–water partition coefficient (Wildman–Crippen LogP) is 5.03. The standard InChI is InChI=1S/C14H8Br2F2O/c1-7-2-3-10(15)8(4-7)14(19)9-5-13(18)11(16)6-12(9)17/h2-6H,1H3. The number of aryl methyl sites for hydroxylation is 1. The van der Waals surface area contributed by atoms with Crippen molar-refractivity contribution in [3.63, 3.8) is 0 Å². The molecule has 5 heteroatoms. The van der Waals surface area contributed by atoms with Gasteiger partial charge in [0.1, 0.15) is 11.6 Å². The third kappa shape index (κ3) is 2.92. The van der Waals surface area contributed by atoms with Gasteiger partial charge in [-0.25, -0.2) is 8.78 Å². The van der Waals surface area contributed by atoms with E-state index in [2.05, 4.69) is 31.9 Å². The van der Waals surface area contributed by atoms with Gasteiger partial charge in [-0.2, -0.15) is 0 Å². The second-order valence-electron chi connectivity index (χ2n) is 4.06. The minimum Gasteiger partial charge on any atom is -0.288 e. The van der Waals surface area contributed by atoms with Gasteiger partial charge >= 0.3 is 0 Å². The highest BCUT2D eigenvalue weighted by Gasteiger charge is 2.19. The van der Waals surface area contributed by atoms with Crippen LogP contribution in [-0.4, -0.2) is 5.78 Å². The lowest BCUT2D eigenvalue weighted by molar-refractivity contribution is 0.103. The Hall–Kier alpha value is -1.07. The maximum atomic E-state index is 13.8. The third-order valence-electron chi connectivity index (χ3n) is 2.62. The summed E-state index contributed by atoms with van der Waals surface area (Å²) in [4.78, 5) is 12.3. The second kappa shape index (κ2) is 5.51. The highest BCUT2D eigenvalue weighted by atomic mass is 79.9. The quantitative estimate of drug-likeness (QED) is 0.520. The molecular weight excluding hydrogens is 382 g/mol. The van der Waals surface area contributed by atoms with Gasteiger partial charge in [0.25, 0.3) is 0 Å². The molecule has 2 rings (SSSR count). The predicted molar refractivity (Wildman–Crippen MR) is 76.4 cm³/mol. The molecule has 19 heavy (non-hydrogen) atoms. The summed E-state index contributed by atoms with van der Waals surface area (Å²) >= 11 is 6.12. The summed E-state index contributed by atoms with van der Waals surface area (Å²) in [6.45, 7) is 1.82. The zero-order valence-corrected chi connectivity index (χ0v) is 13.0. The van der Waals surface area contributed by atoms with Crippen LogP contribution in [0.15, 0.2) is 39.3 Å². The second-order valence-corrected chi connectivity index (χ2v) is 5.77. The van der Waals surface area contributed by atoms with Crippen molar-refractivity contribution in [1.82, 2.24) is 0 Å². The van der Waals surface area contributed by atoms with Crippen molar-refractivity contribution in [2.75, 3.05) is 0 Å². The molecule has 0 bridgehead atoms.